The van der Waals surface area contributed by atoms with Gasteiger partial charge in [-0.15, -0.1) is 10.2 Å². The van der Waals surface area contributed by atoms with Crippen LogP contribution >= 0.6 is 11.8 Å². The molecule has 1 saturated carbocycles. The SMILES string of the molecule is CCNC(=NCCCc1nnc(SC)n1C1CCCC1)N1CCCC1. The average molecular weight is 365 g/mol. The minimum atomic E-state index is 0.609. The number of likely N-dealkylation sites (tertiary alicyclic amines) is 1. The molecule has 7 heteroatoms. The molecule has 1 aliphatic heterocycles. The molecule has 1 aliphatic carbocycles. The van der Waals surface area contributed by atoms with E-state index in [0.717, 1.165) is 56.0 Å². The fraction of sp³-hybridized carbons (Fsp3) is 0.833. The van der Waals surface area contributed by atoms with Gasteiger partial charge in [0, 0.05) is 38.6 Å². The Morgan fingerprint density at radius 2 is 1.96 bits per heavy atom. The number of aryl methyl sites for hydroxylation is 1. The van der Waals surface area contributed by atoms with Gasteiger partial charge in [-0.05, 0) is 45.3 Å². The second-order valence-corrected chi connectivity index (χ2v) is 7.72. The van der Waals surface area contributed by atoms with Gasteiger partial charge in [0.25, 0.3) is 0 Å². The van der Waals surface area contributed by atoms with Crippen molar-refractivity contribution in [2.24, 2.45) is 4.99 Å². The van der Waals surface area contributed by atoms with Crippen molar-refractivity contribution < 1.29 is 0 Å². The molecule has 6 nitrogen and oxygen atoms in total. The van der Waals surface area contributed by atoms with E-state index in [4.69, 9.17) is 4.99 Å². The molecule has 2 fully saturated rings. The summed E-state index contributed by atoms with van der Waals surface area (Å²) in [4.78, 5) is 7.22. The second-order valence-electron chi connectivity index (χ2n) is 6.94. The van der Waals surface area contributed by atoms with Crippen molar-refractivity contribution in [1.29, 1.82) is 0 Å². The van der Waals surface area contributed by atoms with Crippen molar-refractivity contribution in [2.75, 3.05) is 32.4 Å². The van der Waals surface area contributed by atoms with Crippen molar-refractivity contribution in [3.8, 4) is 0 Å². The molecule has 1 N–H and O–H groups in total. The Labute approximate surface area is 155 Å². The third kappa shape index (κ3) is 4.68. The lowest BCUT2D eigenvalue weighted by atomic mass is 10.2. The predicted molar refractivity (Wildman–Crippen MR) is 104 cm³/mol. The third-order valence-corrected chi connectivity index (χ3v) is 5.81. The summed E-state index contributed by atoms with van der Waals surface area (Å²) in [5, 5.41) is 13.4. The zero-order valence-electron chi connectivity index (χ0n) is 15.7. The smallest absolute Gasteiger partial charge is 0.193 e. The molecule has 0 amide bonds. The van der Waals surface area contributed by atoms with Crippen molar-refractivity contribution >= 4 is 17.7 Å². The average Bonchev–Trinajstić information content (AvgIpc) is 3.38. The predicted octanol–water partition coefficient (Wildman–Crippen LogP) is 3.11. The van der Waals surface area contributed by atoms with Crippen LogP contribution in [0.25, 0.3) is 0 Å². The zero-order valence-corrected chi connectivity index (χ0v) is 16.5. The fourth-order valence-corrected chi connectivity index (χ4v) is 4.50. The molecule has 1 saturated heterocycles. The van der Waals surface area contributed by atoms with E-state index in [-0.39, 0.29) is 0 Å². The Morgan fingerprint density at radius 1 is 1.20 bits per heavy atom. The zero-order chi connectivity index (χ0) is 17.5. The molecule has 1 aromatic rings. The molecule has 2 aliphatic rings. The van der Waals surface area contributed by atoms with E-state index in [1.807, 2.05) is 0 Å². The molecular formula is C18H32N6S. The first kappa shape index (κ1) is 18.5. The number of aliphatic imine (C=N–C) groups is 1. The van der Waals surface area contributed by atoms with Gasteiger partial charge in [0.05, 0.1) is 0 Å². The highest BCUT2D eigenvalue weighted by molar-refractivity contribution is 7.98. The number of rotatable bonds is 7. The number of guanidine groups is 1. The Balaban J connectivity index is 1.57. The van der Waals surface area contributed by atoms with Crippen LogP contribution in [-0.4, -0.2) is 58.1 Å². The molecule has 0 unspecified atom stereocenters. The first-order valence-electron chi connectivity index (χ1n) is 9.84. The first-order valence-corrected chi connectivity index (χ1v) is 11.1. The van der Waals surface area contributed by atoms with E-state index in [0.29, 0.717) is 6.04 Å². The van der Waals surface area contributed by atoms with E-state index in [9.17, 15) is 0 Å². The topological polar surface area (TPSA) is 58.3 Å². The summed E-state index contributed by atoms with van der Waals surface area (Å²) in [5.41, 5.74) is 0. The van der Waals surface area contributed by atoms with Gasteiger partial charge < -0.3 is 14.8 Å². The van der Waals surface area contributed by atoms with Gasteiger partial charge in [-0.25, -0.2) is 0 Å². The van der Waals surface area contributed by atoms with E-state index in [1.165, 1.54) is 38.5 Å². The minimum Gasteiger partial charge on any atom is -0.357 e. The highest BCUT2D eigenvalue weighted by atomic mass is 32.2. The number of thioether (sulfide) groups is 1. The molecule has 1 aromatic heterocycles. The lowest BCUT2D eigenvalue weighted by Crippen LogP contribution is -2.39. The maximum atomic E-state index is 4.83. The highest BCUT2D eigenvalue weighted by Gasteiger charge is 2.23. The summed E-state index contributed by atoms with van der Waals surface area (Å²) < 4.78 is 2.41. The van der Waals surface area contributed by atoms with Crippen molar-refractivity contribution in [1.82, 2.24) is 25.0 Å². The molecule has 0 aromatic carbocycles. The standard InChI is InChI=1S/C18H32N6S/c1-3-19-17(23-13-6-7-14-23)20-12-8-11-16-21-22-18(25-2)24(16)15-9-4-5-10-15/h15H,3-14H2,1-2H3,(H,19,20). The molecular weight excluding hydrogens is 332 g/mol. The Kier molecular flexibility index (Phi) is 7.02. The van der Waals surface area contributed by atoms with Crippen molar-refractivity contribution in [3.05, 3.63) is 5.82 Å². The number of hydrogen-bond acceptors (Lipinski definition) is 4. The minimum absolute atomic E-state index is 0.609. The molecule has 140 valence electrons. The summed E-state index contributed by atoms with van der Waals surface area (Å²) in [5.74, 6) is 2.24. The van der Waals surface area contributed by atoms with Gasteiger partial charge in [-0.2, -0.15) is 0 Å². The van der Waals surface area contributed by atoms with Crippen molar-refractivity contribution in [2.45, 2.75) is 69.5 Å². The van der Waals surface area contributed by atoms with Crippen LogP contribution in [-0.2, 0) is 6.42 Å². The second kappa shape index (κ2) is 9.46. The molecule has 0 spiro atoms. The van der Waals surface area contributed by atoms with Gasteiger partial charge in [-0.3, -0.25) is 4.99 Å². The van der Waals surface area contributed by atoms with Crippen LogP contribution in [0.5, 0.6) is 0 Å². The van der Waals surface area contributed by atoms with Gasteiger partial charge in [-0.1, -0.05) is 24.6 Å². The van der Waals surface area contributed by atoms with E-state index in [2.05, 4.69) is 38.2 Å². The molecule has 2 heterocycles. The van der Waals surface area contributed by atoms with Gasteiger partial charge >= 0.3 is 0 Å². The number of nitrogens with zero attached hydrogens (tertiary/aromatic N) is 5. The molecule has 0 bridgehead atoms. The maximum Gasteiger partial charge on any atom is 0.193 e. The fourth-order valence-electron chi connectivity index (χ4n) is 3.92. The monoisotopic (exact) mass is 364 g/mol. The third-order valence-electron chi connectivity index (χ3n) is 5.17. The van der Waals surface area contributed by atoms with Crippen LogP contribution in [0.2, 0.25) is 0 Å². The summed E-state index contributed by atoms with van der Waals surface area (Å²) in [6.07, 6.45) is 11.9. The summed E-state index contributed by atoms with van der Waals surface area (Å²) in [6.45, 7) is 6.20. The maximum absolute atomic E-state index is 4.83. The normalized spacial score (nSPS) is 19.1. The Bertz CT molecular complexity index is 558. The van der Waals surface area contributed by atoms with E-state index < -0.39 is 0 Å². The summed E-state index contributed by atoms with van der Waals surface area (Å²) in [6, 6.07) is 0.609. The van der Waals surface area contributed by atoms with E-state index in [1.54, 1.807) is 11.8 Å². The Hall–Kier alpha value is -1.24. The molecule has 3 rings (SSSR count). The van der Waals surface area contributed by atoms with Crippen LogP contribution in [0.3, 0.4) is 0 Å². The van der Waals surface area contributed by atoms with Crippen LogP contribution in [0.15, 0.2) is 10.1 Å². The van der Waals surface area contributed by atoms with Gasteiger partial charge in [0.1, 0.15) is 5.82 Å². The van der Waals surface area contributed by atoms with Crippen LogP contribution < -0.4 is 5.32 Å². The lowest BCUT2D eigenvalue weighted by Gasteiger charge is -2.20. The molecule has 0 atom stereocenters. The highest BCUT2D eigenvalue weighted by Crippen LogP contribution is 2.33. The number of hydrogen-bond donors (Lipinski definition) is 1. The van der Waals surface area contributed by atoms with Gasteiger partial charge in [0.2, 0.25) is 0 Å². The molecule has 25 heavy (non-hydrogen) atoms. The summed E-state index contributed by atoms with van der Waals surface area (Å²) in [7, 11) is 0. The quantitative estimate of drug-likeness (QED) is 0.349. The summed E-state index contributed by atoms with van der Waals surface area (Å²) >= 11 is 1.72. The van der Waals surface area contributed by atoms with Crippen LogP contribution in [0.1, 0.15) is 63.7 Å². The lowest BCUT2D eigenvalue weighted by molar-refractivity contribution is 0.460. The van der Waals surface area contributed by atoms with Gasteiger partial charge in [0.15, 0.2) is 11.1 Å². The molecule has 0 radical (unpaired) electrons. The number of aromatic nitrogens is 3. The number of nitrogens with one attached hydrogen (secondary N) is 1. The van der Waals surface area contributed by atoms with Crippen molar-refractivity contribution in [3.63, 3.8) is 0 Å². The Morgan fingerprint density at radius 3 is 2.64 bits per heavy atom. The van der Waals surface area contributed by atoms with E-state index >= 15 is 0 Å². The largest absolute Gasteiger partial charge is 0.357 e. The van der Waals surface area contributed by atoms with Crippen LogP contribution in [0, 0.1) is 0 Å². The first-order chi connectivity index (χ1) is 12.3. The van der Waals surface area contributed by atoms with Crippen LogP contribution in [0.4, 0.5) is 0 Å².